The molecule has 3 rings (SSSR count). The molecule has 0 spiro atoms. The second-order valence-corrected chi connectivity index (χ2v) is 8.12. The molecule has 21 heavy (non-hydrogen) atoms. The lowest BCUT2D eigenvalue weighted by atomic mass is 10.1. The predicted octanol–water partition coefficient (Wildman–Crippen LogP) is 1.92. The molecule has 1 saturated heterocycles. The third-order valence-corrected chi connectivity index (χ3v) is 6.08. The summed E-state index contributed by atoms with van der Waals surface area (Å²) >= 11 is 0. The van der Waals surface area contributed by atoms with Crippen molar-refractivity contribution in [3.8, 4) is 0 Å². The van der Waals surface area contributed by atoms with Crippen LogP contribution in [-0.2, 0) is 14.8 Å². The molecule has 2 fully saturated rings. The third-order valence-electron chi connectivity index (χ3n) is 4.21. The lowest BCUT2D eigenvalue weighted by Crippen LogP contribution is -2.32. The molecular formula is C15H22N2O3S. The zero-order valence-corrected chi connectivity index (χ0v) is 13.3. The summed E-state index contributed by atoms with van der Waals surface area (Å²) in [5.41, 5.74) is 0.673. The van der Waals surface area contributed by atoms with Crippen molar-refractivity contribution in [1.29, 1.82) is 0 Å². The van der Waals surface area contributed by atoms with E-state index in [0.29, 0.717) is 16.5 Å². The maximum atomic E-state index is 12.4. The molecule has 6 heteroatoms. The maximum Gasteiger partial charge on any atom is 0.244 e. The summed E-state index contributed by atoms with van der Waals surface area (Å²) in [6.45, 7) is 0.751. The molecule has 0 aromatic heterocycles. The van der Waals surface area contributed by atoms with Crippen LogP contribution in [0.25, 0.3) is 0 Å². The quantitative estimate of drug-likeness (QED) is 0.902. The number of hydrogen-bond donors (Lipinski definition) is 1. The highest BCUT2D eigenvalue weighted by molar-refractivity contribution is 7.89. The van der Waals surface area contributed by atoms with Gasteiger partial charge in [0.05, 0.1) is 17.8 Å². The van der Waals surface area contributed by atoms with Gasteiger partial charge in [0.1, 0.15) is 4.90 Å². The molecule has 1 saturated carbocycles. The fraction of sp³-hybridized carbons (Fsp3) is 0.600. The molecule has 2 aliphatic rings. The van der Waals surface area contributed by atoms with E-state index in [9.17, 15) is 8.42 Å². The van der Waals surface area contributed by atoms with Crippen molar-refractivity contribution in [3.63, 3.8) is 0 Å². The van der Waals surface area contributed by atoms with E-state index in [0.717, 1.165) is 13.0 Å². The molecule has 0 radical (unpaired) electrons. The van der Waals surface area contributed by atoms with Crippen molar-refractivity contribution in [2.24, 2.45) is 5.92 Å². The molecule has 0 amide bonds. The number of nitrogens with one attached hydrogen (secondary N) is 1. The zero-order valence-electron chi connectivity index (χ0n) is 12.5. The number of rotatable bonds is 5. The Morgan fingerprint density at radius 1 is 1.19 bits per heavy atom. The minimum Gasteiger partial charge on any atom is -0.379 e. The summed E-state index contributed by atoms with van der Waals surface area (Å²) < 4.78 is 31.9. The summed E-state index contributed by atoms with van der Waals surface area (Å²) in [6, 6.07) is 7.30. The van der Waals surface area contributed by atoms with Gasteiger partial charge in [0, 0.05) is 20.7 Å². The molecule has 5 nitrogen and oxygen atoms in total. The minimum atomic E-state index is -3.44. The first kappa shape index (κ1) is 14.8. The Bertz CT molecular complexity index is 611. The van der Waals surface area contributed by atoms with E-state index >= 15 is 0 Å². The first-order chi connectivity index (χ1) is 10.00. The van der Waals surface area contributed by atoms with Gasteiger partial charge >= 0.3 is 0 Å². The van der Waals surface area contributed by atoms with Crippen LogP contribution in [0.5, 0.6) is 0 Å². The van der Waals surface area contributed by atoms with Crippen LogP contribution in [0.2, 0.25) is 0 Å². The SMILES string of the molecule is CN(C)S(=O)(=O)c1ccccc1NC1CCOC1C1CC1. The standard InChI is InChI=1S/C15H22N2O3S/c1-17(2)21(18,19)14-6-4-3-5-12(14)16-13-9-10-20-15(13)11-7-8-11/h3-6,11,13,15-16H,7-10H2,1-2H3. The van der Waals surface area contributed by atoms with Crippen LogP contribution < -0.4 is 5.32 Å². The van der Waals surface area contributed by atoms with Crippen LogP contribution >= 0.6 is 0 Å². The van der Waals surface area contributed by atoms with E-state index in [1.54, 1.807) is 26.2 Å². The highest BCUT2D eigenvalue weighted by Gasteiger charge is 2.41. The highest BCUT2D eigenvalue weighted by Crippen LogP contribution is 2.40. The number of sulfonamides is 1. The van der Waals surface area contributed by atoms with E-state index in [4.69, 9.17) is 4.74 Å². The number of benzene rings is 1. The maximum absolute atomic E-state index is 12.4. The second-order valence-electron chi connectivity index (χ2n) is 6.00. The molecule has 2 unspecified atom stereocenters. The van der Waals surface area contributed by atoms with Crippen molar-refractivity contribution in [2.75, 3.05) is 26.0 Å². The average molecular weight is 310 g/mol. The number of anilines is 1. The van der Waals surface area contributed by atoms with Gasteiger partial charge in [-0.2, -0.15) is 0 Å². The van der Waals surface area contributed by atoms with Crippen LogP contribution in [0.3, 0.4) is 0 Å². The Morgan fingerprint density at radius 3 is 2.57 bits per heavy atom. The molecule has 1 aromatic rings. The van der Waals surface area contributed by atoms with Crippen LogP contribution in [-0.4, -0.2) is 45.6 Å². The molecule has 2 atom stereocenters. The monoisotopic (exact) mass is 310 g/mol. The lowest BCUT2D eigenvalue weighted by molar-refractivity contribution is 0.0898. The molecule has 1 heterocycles. The van der Waals surface area contributed by atoms with Gasteiger partial charge in [0.25, 0.3) is 0 Å². The highest BCUT2D eigenvalue weighted by atomic mass is 32.2. The Kier molecular flexibility index (Phi) is 3.94. The number of hydrogen-bond acceptors (Lipinski definition) is 4. The van der Waals surface area contributed by atoms with E-state index in [2.05, 4.69) is 5.32 Å². The third kappa shape index (κ3) is 2.93. The molecule has 1 aromatic carbocycles. The second kappa shape index (κ2) is 5.59. The van der Waals surface area contributed by atoms with Crippen LogP contribution in [0.15, 0.2) is 29.2 Å². The summed E-state index contributed by atoms with van der Waals surface area (Å²) in [5.74, 6) is 0.641. The average Bonchev–Trinajstić information content (AvgIpc) is 3.19. The fourth-order valence-corrected chi connectivity index (χ4v) is 3.91. The summed E-state index contributed by atoms with van der Waals surface area (Å²) in [7, 11) is -0.335. The first-order valence-electron chi connectivity index (χ1n) is 7.40. The normalized spacial score (nSPS) is 26.2. The number of nitrogens with zero attached hydrogens (tertiary/aromatic N) is 1. The summed E-state index contributed by atoms with van der Waals surface area (Å²) in [6.07, 6.45) is 3.60. The van der Waals surface area contributed by atoms with E-state index in [1.165, 1.54) is 17.1 Å². The Balaban J connectivity index is 1.86. The van der Waals surface area contributed by atoms with Gasteiger partial charge in [-0.15, -0.1) is 0 Å². The van der Waals surface area contributed by atoms with Crippen molar-refractivity contribution in [1.82, 2.24) is 4.31 Å². The van der Waals surface area contributed by atoms with E-state index < -0.39 is 10.0 Å². The van der Waals surface area contributed by atoms with Crippen molar-refractivity contribution in [2.45, 2.75) is 36.3 Å². The van der Waals surface area contributed by atoms with Gasteiger partial charge < -0.3 is 10.1 Å². The fourth-order valence-electron chi connectivity index (χ4n) is 2.86. The Morgan fingerprint density at radius 2 is 1.90 bits per heavy atom. The van der Waals surface area contributed by atoms with Gasteiger partial charge in [-0.25, -0.2) is 12.7 Å². The number of ether oxygens (including phenoxy) is 1. The van der Waals surface area contributed by atoms with Gasteiger partial charge in [-0.1, -0.05) is 12.1 Å². The molecule has 1 N–H and O–H groups in total. The Labute approximate surface area is 126 Å². The van der Waals surface area contributed by atoms with Crippen molar-refractivity contribution >= 4 is 15.7 Å². The van der Waals surface area contributed by atoms with Gasteiger partial charge in [0.2, 0.25) is 10.0 Å². The molecule has 0 bridgehead atoms. The van der Waals surface area contributed by atoms with Crippen molar-refractivity contribution < 1.29 is 13.2 Å². The zero-order chi connectivity index (χ0) is 15.0. The minimum absolute atomic E-state index is 0.205. The predicted molar refractivity (Wildman–Crippen MR) is 81.8 cm³/mol. The summed E-state index contributed by atoms with van der Waals surface area (Å²) in [4.78, 5) is 0.330. The number of para-hydroxylation sites is 1. The van der Waals surface area contributed by atoms with Crippen LogP contribution in [0.4, 0.5) is 5.69 Å². The summed E-state index contributed by atoms with van der Waals surface area (Å²) in [5, 5.41) is 3.41. The van der Waals surface area contributed by atoms with E-state index in [1.807, 2.05) is 12.1 Å². The first-order valence-corrected chi connectivity index (χ1v) is 8.84. The molecular weight excluding hydrogens is 288 g/mol. The van der Waals surface area contributed by atoms with Gasteiger partial charge in [-0.05, 0) is 37.3 Å². The van der Waals surface area contributed by atoms with Gasteiger partial charge in [0.15, 0.2) is 0 Å². The topological polar surface area (TPSA) is 58.6 Å². The smallest absolute Gasteiger partial charge is 0.244 e. The molecule has 116 valence electrons. The van der Waals surface area contributed by atoms with Crippen LogP contribution in [0.1, 0.15) is 19.3 Å². The largest absolute Gasteiger partial charge is 0.379 e. The molecule has 1 aliphatic carbocycles. The van der Waals surface area contributed by atoms with Crippen molar-refractivity contribution in [3.05, 3.63) is 24.3 Å². The van der Waals surface area contributed by atoms with Crippen LogP contribution in [0, 0.1) is 5.92 Å². The molecule has 1 aliphatic heterocycles. The lowest BCUT2D eigenvalue weighted by Gasteiger charge is -2.23. The van der Waals surface area contributed by atoms with E-state index in [-0.39, 0.29) is 12.1 Å². The van der Waals surface area contributed by atoms with Gasteiger partial charge in [-0.3, -0.25) is 0 Å². The Hall–Kier alpha value is -1.11.